The van der Waals surface area contributed by atoms with E-state index in [0.717, 1.165) is 36.8 Å². The number of rotatable bonds is 4. The van der Waals surface area contributed by atoms with Crippen LogP contribution in [0.25, 0.3) is 0 Å². The maximum absolute atomic E-state index is 5.70. The molecule has 1 aliphatic rings. The first-order chi connectivity index (χ1) is 9.85. The molecule has 1 fully saturated rings. The molecule has 1 N–H and O–H groups in total. The van der Waals surface area contributed by atoms with Gasteiger partial charge in [-0.05, 0) is 37.2 Å². The summed E-state index contributed by atoms with van der Waals surface area (Å²) in [5.74, 6) is 3.49. The van der Waals surface area contributed by atoms with E-state index >= 15 is 0 Å². The first kappa shape index (κ1) is 12.9. The highest BCUT2D eigenvalue weighted by atomic mass is 16.5. The van der Waals surface area contributed by atoms with Crippen LogP contribution in [-0.2, 0) is 0 Å². The van der Waals surface area contributed by atoms with Gasteiger partial charge in [0.1, 0.15) is 17.3 Å². The van der Waals surface area contributed by atoms with Gasteiger partial charge in [-0.25, -0.2) is 9.97 Å². The SMILES string of the molecule is COc1ccc(Oc2cnc(C3CCNC3)nc2)cc1. The normalized spacial score (nSPS) is 17.9. The lowest BCUT2D eigenvalue weighted by atomic mass is 10.1. The number of hydrogen-bond donors (Lipinski definition) is 1. The van der Waals surface area contributed by atoms with Crippen LogP contribution in [0.1, 0.15) is 18.2 Å². The van der Waals surface area contributed by atoms with E-state index < -0.39 is 0 Å². The van der Waals surface area contributed by atoms with Crippen LogP contribution in [0.15, 0.2) is 36.7 Å². The van der Waals surface area contributed by atoms with E-state index in [1.807, 2.05) is 24.3 Å². The summed E-state index contributed by atoms with van der Waals surface area (Å²) < 4.78 is 10.8. The van der Waals surface area contributed by atoms with Crippen molar-refractivity contribution >= 4 is 0 Å². The monoisotopic (exact) mass is 271 g/mol. The summed E-state index contributed by atoms with van der Waals surface area (Å²) >= 11 is 0. The Morgan fingerprint density at radius 1 is 1.05 bits per heavy atom. The van der Waals surface area contributed by atoms with Crippen molar-refractivity contribution in [2.75, 3.05) is 20.2 Å². The second-order valence-electron chi connectivity index (χ2n) is 4.74. The summed E-state index contributed by atoms with van der Waals surface area (Å²) in [4.78, 5) is 8.78. The number of hydrogen-bond acceptors (Lipinski definition) is 5. The summed E-state index contributed by atoms with van der Waals surface area (Å²) in [6, 6.07) is 7.42. The molecule has 20 heavy (non-hydrogen) atoms. The van der Waals surface area contributed by atoms with Gasteiger partial charge in [0.05, 0.1) is 19.5 Å². The number of benzene rings is 1. The van der Waals surface area contributed by atoms with Gasteiger partial charge in [-0.2, -0.15) is 0 Å². The summed E-state index contributed by atoms with van der Waals surface area (Å²) in [6.07, 6.45) is 4.55. The molecule has 1 saturated heterocycles. The molecule has 0 aliphatic carbocycles. The number of nitrogens with one attached hydrogen (secondary N) is 1. The zero-order chi connectivity index (χ0) is 13.8. The van der Waals surface area contributed by atoms with E-state index in [0.29, 0.717) is 11.7 Å². The van der Waals surface area contributed by atoms with Crippen molar-refractivity contribution in [3.63, 3.8) is 0 Å². The minimum absolute atomic E-state index is 0.421. The minimum atomic E-state index is 0.421. The van der Waals surface area contributed by atoms with Gasteiger partial charge in [-0.3, -0.25) is 0 Å². The molecular formula is C15H17N3O2. The van der Waals surface area contributed by atoms with E-state index in [9.17, 15) is 0 Å². The Labute approximate surface area is 118 Å². The quantitative estimate of drug-likeness (QED) is 0.925. The van der Waals surface area contributed by atoms with Crippen LogP contribution in [0.4, 0.5) is 0 Å². The summed E-state index contributed by atoms with van der Waals surface area (Å²) in [7, 11) is 1.64. The highest BCUT2D eigenvalue weighted by molar-refractivity contribution is 5.34. The Morgan fingerprint density at radius 2 is 1.75 bits per heavy atom. The van der Waals surface area contributed by atoms with Crippen molar-refractivity contribution in [1.82, 2.24) is 15.3 Å². The molecule has 3 rings (SSSR count). The zero-order valence-electron chi connectivity index (χ0n) is 11.4. The second kappa shape index (κ2) is 5.88. The molecule has 1 atom stereocenters. The first-order valence-corrected chi connectivity index (χ1v) is 6.70. The molecule has 0 radical (unpaired) electrons. The Balaban J connectivity index is 1.67. The van der Waals surface area contributed by atoms with Crippen LogP contribution < -0.4 is 14.8 Å². The van der Waals surface area contributed by atoms with Crippen LogP contribution in [-0.4, -0.2) is 30.2 Å². The highest BCUT2D eigenvalue weighted by Crippen LogP contribution is 2.24. The van der Waals surface area contributed by atoms with Crippen molar-refractivity contribution in [3.8, 4) is 17.2 Å². The van der Waals surface area contributed by atoms with Gasteiger partial charge >= 0.3 is 0 Å². The third kappa shape index (κ3) is 2.88. The predicted molar refractivity (Wildman–Crippen MR) is 75.3 cm³/mol. The number of methoxy groups -OCH3 is 1. The molecule has 1 aliphatic heterocycles. The molecule has 2 heterocycles. The Hall–Kier alpha value is -2.14. The molecule has 5 heteroatoms. The van der Waals surface area contributed by atoms with Gasteiger partial charge in [0.25, 0.3) is 0 Å². The van der Waals surface area contributed by atoms with Crippen molar-refractivity contribution in [1.29, 1.82) is 0 Å². The van der Waals surface area contributed by atoms with Crippen LogP contribution in [0, 0.1) is 0 Å². The summed E-state index contributed by atoms with van der Waals surface area (Å²) in [6.45, 7) is 2.00. The third-order valence-electron chi connectivity index (χ3n) is 3.37. The molecule has 0 bridgehead atoms. The Kier molecular flexibility index (Phi) is 3.78. The lowest BCUT2D eigenvalue weighted by Crippen LogP contribution is -2.10. The topological polar surface area (TPSA) is 56.3 Å². The van der Waals surface area contributed by atoms with E-state index in [1.165, 1.54) is 0 Å². The molecule has 2 aromatic rings. The maximum Gasteiger partial charge on any atom is 0.164 e. The number of aromatic nitrogens is 2. The lowest BCUT2D eigenvalue weighted by molar-refractivity contribution is 0.412. The van der Waals surface area contributed by atoms with Gasteiger partial charge in [-0.1, -0.05) is 0 Å². The molecule has 0 amide bonds. The second-order valence-corrected chi connectivity index (χ2v) is 4.74. The van der Waals surface area contributed by atoms with Crippen molar-refractivity contribution < 1.29 is 9.47 Å². The average Bonchev–Trinajstić information content (AvgIpc) is 3.03. The van der Waals surface area contributed by atoms with Gasteiger partial charge in [0.15, 0.2) is 5.75 Å². The molecule has 5 nitrogen and oxygen atoms in total. The number of ether oxygens (including phenoxy) is 2. The van der Waals surface area contributed by atoms with Crippen molar-refractivity contribution in [3.05, 3.63) is 42.5 Å². The molecule has 1 aromatic carbocycles. The molecule has 0 spiro atoms. The van der Waals surface area contributed by atoms with Crippen LogP contribution in [0.5, 0.6) is 17.2 Å². The summed E-state index contributed by atoms with van der Waals surface area (Å²) in [5, 5.41) is 3.31. The average molecular weight is 271 g/mol. The maximum atomic E-state index is 5.70. The Morgan fingerprint density at radius 3 is 2.35 bits per heavy atom. The molecule has 1 unspecified atom stereocenters. The van der Waals surface area contributed by atoms with Crippen LogP contribution in [0.3, 0.4) is 0 Å². The number of nitrogens with zero attached hydrogens (tertiary/aromatic N) is 2. The van der Waals surface area contributed by atoms with Gasteiger partial charge < -0.3 is 14.8 Å². The summed E-state index contributed by atoms with van der Waals surface area (Å²) in [5.41, 5.74) is 0. The smallest absolute Gasteiger partial charge is 0.164 e. The fraction of sp³-hybridized carbons (Fsp3) is 0.333. The van der Waals surface area contributed by atoms with Crippen molar-refractivity contribution in [2.45, 2.75) is 12.3 Å². The third-order valence-corrected chi connectivity index (χ3v) is 3.37. The molecular weight excluding hydrogens is 254 g/mol. The largest absolute Gasteiger partial charge is 0.497 e. The standard InChI is InChI=1S/C15H17N3O2/c1-19-12-2-4-13(5-3-12)20-14-9-17-15(18-10-14)11-6-7-16-8-11/h2-5,9-11,16H,6-8H2,1H3. The van der Waals surface area contributed by atoms with E-state index in [2.05, 4.69) is 15.3 Å². The lowest BCUT2D eigenvalue weighted by Gasteiger charge is -2.09. The molecule has 1 aromatic heterocycles. The highest BCUT2D eigenvalue weighted by Gasteiger charge is 2.18. The van der Waals surface area contributed by atoms with Crippen molar-refractivity contribution in [2.24, 2.45) is 0 Å². The van der Waals surface area contributed by atoms with Gasteiger partial charge in [0.2, 0.25) is 0 Å². The fourth-order valence-corrected chi connectivity index (χ4v) is 2.24. The first-order valence-electron chi connectivity index (χ1n) is 6.70. The van der Waals surface area contributed by atoms with Gasteiger partial charge in [0, 0.05) is 12.5 Å². The fourth-order valence-electron chi connectivity index (χ4n) is 2.24. The van der Waals surface area contributed by atoms with E-state index in [1.54, 1.807) is 19.5 Å². The predicted octanol–water partition coefficient (Wildman–Crippen LogP) is 2.35. The van der Waals surface area contributed by atoms with Crippen LogP contribution >= 0.6 is 0 Å². The van der Waals surface area contributed by atoms with Gasteiger partial charge in [-0.15, -0.1) is 0 Å². The van der Waals surface area contributed by atoms with E-state index in [-0.39, 0.29) is 0 Å². The van der Waals surface area contributed by atoms with E-state index in [4.69, 9.17) is 9.47 Å². The Bertz CT molecular complexity index is 548. The zero-order valence-corrected chi connectivity index (χ0v) is 11.4. The minimum Gasteiger partial charge on any atom is -0.497 e. The van der Waals surface area contributed by atoms with Crippen LogP contribution in [0.2, 0.25) is 0 Å². The molecule has 0 saturated carbocycles. The molecule has 104 valence electrons.